The fourth-order valence-electron chi connectivity index (χ4n) is 4.99. The first-order chi connectivity index (χ1) is 15.1. The number of piperidine rings is 1. The number of hydrogen-bond donors (Lipinski definition) is 0. The number of ether oxygens (including phenoxy) is 1. The maximum Gasteiger partial charge on any atom is 0.228 e. The third-order valence-electron chi connectivity index (χ3n) is 6.94. The summed E-state index contributed by atoms with van der Waals surface area (Å²) in [6, 6.07) is 16.4. The van der Waals surface area contributed by atoms with E-state index < -0.39 is 0 Å². The molecule has 2 heterocycles. The Labute approximate surface area is 191 Å². The standard InChI is InChI=1S/C26H33ClN2O2/c1-28-18-19-31-24-8-3-2-6-22(24)7-4-5-13-26(25(28)30)14-16-29(17-15-26)20-21-9-11-23(27)12-10-21/h2-3,6,8-12H,4-5,7,13-20H2,1H3. The smallest absolute Gasteiger partial charge is 0.228 e. The van der Waals surface area contributed by atoms with Crippen LogP contribution in [0.3, 0.4) is 0 Å². The van der Waals surface area contributed by atoms with Crippen LogP contribution in [-0.4, -0.2) is 49.0 Å². The predicted octanol–water partition coefficient (Wildman–Crippen LogP) is 5.19. The van der Waals surface area contributed by atoms with Crippen LogP contribution in [0.1, 0.15) is 43.2 Å². The van der Waals surface area contributed by atoms with Crippen LogP contribution in [-0.2, 0) is 17.8 Å². The third-order valence-corrected chi connectivity index (χ3v) is 7.19. The molecular formula is C26H33ClN2O2. The van der Waals surface area contributed by atoms with E-state index in [1.54, 1.807) is 0 Å². The van der Waals surface area contributed by atoms with Crippen molar-refractivity contribution in [1.29, 1.82) is 0 Å². The zero-order valence-corrected chi connectivity index (χ0v) is 19.2. The van der Waals surface area contributed by atoms with Crippen molar-refractivity contribution in [3.8, 4) is 5.75 Å². The van der Waals surface area contributed by atoms with E-state index in [0.29, 0.717) is 19.1 Å². The molecule has 0 aromatic heterocycles. The van der Waals surface area contributed by atoms with Gasteiger partial charge < -0.3 is 9.64 Å². The summed E-state index contributed by atoms with van der Waals surface area (Å²) in [6.07, 6.45) is 6.02. The molecule has 31 heavy (non-hydrogen) atoms. The summed E-state index contributed by atoms with van der Waals surface area (Å²) >= 11 is 6.02. The molecule has 166 valence electrons. The number of aryl methyl sites for hydroxylation is 1. The average Bonchev–Trinajstić information content (AvgIpc) is 2.79. The number of likely N-dealkylation sites (N-methyl/N-ethyl adjacent to an activating group) is 1. The van der Waals surface area contributed by atoms with Gasteiger partial charge in [0.2, 0.25) is 5.91 Å². The normalized spacial score (nSPS) is 20.5. The van der Waals surface area contributed by atoms with Crippen LogP contribution < -0.4 is 4.74 Å². The van der Waals surface area contributed by atoms with Crippen LogP contribution >= 0.6 is 11.6 Å². The third kappa shape index (κ3) is 5.42. The Morgan fingerprint density at radius 1 is 0.968 bits per heavy atom. The second kappa shape index (κ2) is 10.1. The van der Waals surface area contributed by atoms with Gasteiger partial charge in [-0.2, -0.15) is 0 Å². The molecule has 4 rings (SSSR count). The van der Waals surface area contributed by atoms with Crippen LogP contribution in [0.4, 0.5) is 0 Å². The summed E-state index contributed by atoms with van der Waals surface area (Å²) in [5.41, 5.74) is 2.33. The molecule has 0 radical (unpaired) electrons. The van der Waals surface area contributed by atoms with E-state index in [2.05, 4.69) is 29.2 Å². The highest BCUT2D eigenvalue weighted by atomic mass is 35.5. The SMILES string of the molecule is CN1CCOc2ccccc2CCCCC2(CCN(Cc3ccc(Cl)cc3)CC2)C1=O. The Balaban J connectivity index is 1.42. The fraction of sp³-hybridized carbons (Fsp3) is 0.500. The first-order valence-electron chi connectivity index (χ1n) is 11.5. The summed E-state index contributed by atoms with van der Waals surface area (Å²) in [5.74, 6) is 1.27. The first kappa shape index (κ1) is 22.2. The molecule has 0 atom stereocenters. The number of rotatable bonds is 2. The number of benzene rings is 2. The number of nitrogens with zero attached hydrogens (tertiary/aromatic N) is 2. The Bertz CT molecular complexity index is 875. The minimum absolute atomic E-state index is 0.232. The highest BCUT2D eigenvalue weighted by Crippen LogP contribution is 2.39. The molecule has 0 saturated carbocycles. The van der Waals surface area contributed by atoms with E-state index in [1.807, 2.05) is 36.2 Å². The van der Waals surface area contributed by atoms with Gasteiger partial charge in [0.05, 0.1) is 12.0 Å². The topological polar surface area (TPSA) is 32.8 Å². The fourth-order valence-corrected chi connectivity index (χ4v) is 5.11. The van der Waals surface area contributed by atoms with Crippen LogP contribution in [0.2, 0.25) is 5.02 Å². The van der Waals surface area contributed by atoms with E-state index in [0.717, 1.165) is 68.9 Å². The zero-order chi connectivity index (χ0) is 21.7. The van der Waals surface area contributed by atoms with Crippen molar-refractivity contribution < 1.29 is 9.53 Å². The number of amides is 1. The first-order valence-corrected chi connectivity index (χ1v) is 11.9. The van der Waals surface area contributed by atoms with Crippen molar-refractivity contribution in [2.45, 2.75) is 45.1 Å². The highest BCUT2D eigenvalue weighted by Gasteiger charge is 2.42. The van der Waals surface area contributed by atoms with Gasteiger partial charge in [0, 0.05) is 18.6 Å². The van der Waals surface area contributed by atoms with Crippen molar-refractivity contribution in [1.82, 2.24) is 9.80 Å². The van der Waals surface area contributed by atoms with Gasteiger partial charge in [-0.3, -0.25) is 9.69 Å². The summed E-state index contributed by atoms with van der Waals surface area (Å²) in [7, 11) is 1.94. The largest absolute Gasteiger partial charge is 0.491 e. The molecule has 2 aromatic rings. The summed E-state index contributed by atoms with van der Waals surface area (Å²) in [5, 5.41) is 0.773. The average molecular weight is 441 g/mol. The van der Waals surface area contributed by atoms with Gasteiger partial charge in [-0.25, -0.2) is 0 Å². The van der Waals surface area contributed by atoms with E-state index >= 15 is 0 Å². The highest BCUT2D eigenvalue weighted by molar-refractivity contribution is 6.30. The van der Waals surface area contributed by atoms with Gasteiger partial charge in [0.25, 0.3) is 0 Å². The van der Waals surface area contributed by atoms with Gasteiger partial charge in [-0.15, -0.1) is 0 Å². The summed E-state index contributed by atoms with van der Waals surface area (Å²) in [4.78, 5) is 17.9. The molecule has 0 bridgehead atoms. The number of likely N-dealkylation sites (tertiary alicyclic amines) is 1. The van der Waals surface area contributed by atoms with Gasteiger partial charge in [0.15, 0.2) is 0 Å². The molecule has 5 heteroatoms. The second-order valence-electron chi connectivity index (χ2n) is 9.07. The lowest BCUT2D eigenvalue weighted by Gasteiger charge is -2.43. The number of para-hydroxylation sites is 1. The Morgan fingerprint density at radius 3 is 2.48 bits per heavy atom. The minimum atomic E-state index is -0.232. The predicted molar refractivity (Wildman–Crippen MR) is 126 cm³/mol. The van der Waals surface area contributed by atoms with Gasteiger partial charge in [-0.1, -0.05) is 48.4 Å². The molecule has 1 fully saturated rings. The molecule has 0 N–H and O–H groups in total. The second-order valence-corrected chi connectivity index (χ2v) is 9.51. The molecule has 1 spiro atoms. The van der Waals surface area contributed by atoms with Gasteiger partial charge in [0.1, 0.15) is 12.4 Å². The molecule has 0 aliphatic carbocycles. The maximum atomic E-state index is 13.5. The van der Waals surface area contributed by atoms with Crippen molar-refractivity contribution in [3.05, 3.63) is 64.7 Å². The van der Waals surface area contributed by atoms with Gasteiger partial charge >= 0.3 is 0 Å². The van der Waals surface area contributed by atoms with Crippen molar-refractivity contribution in [2.75, 3.05) is 33.3 Å². The summed E-state index contributed by atoms with van der Waals surface area (Å²) < 4.78 is 6.04. The van der Waals surface area contributed by atoms with Crippen LogP contribution in [0.15, 0.2) is 48.5 Å². The number of hydrogen-bond acceptors (Lipinski definition) is 3. The number of carbonyl (C=O) groups excluding carboxylic acids is 1. The Morgan fingerprint density at radius 2 is 1.71 bits per heavy atom. The Kier molecular flexibility index (Phi) is 7.19. The van der Waals surface area contributed by atoms with Crippen molar-refractivity contribution in [2.24, 2.45) is 5.41 Å². The van der Waals surface area contributed by atoms with E-state index in [9.17, 15) is 4.79 Å². The molecule has 4 nitrogen and oxygen atoms in total. The minimum Gasteiger partial charge on any atom is -0.491 e. The molecule has 2 aliphatic heterocycles. The molecule has 2 aliphatic rings. The molecule has 2 aromatic carbocycles. The van der Waals surface area contributed by atoms with Gasteiger partial charge in [-0.05, 0) is 74.5 Å². The van der Waals surface area contributed by atoms with Crippen molar-refractivity contribution in [3.63, 3.8) is 0 Å². The zero-order valence-electron chi connectivity index (χ0n) is 18.5. The van der Waals surface area contributed by atoms with Crippen LogP contribution in [0.25, 0.3) is 0 Å². The van der Waals surface area contributed by atoms with Crippen molar-refractivity contribution >= 4 is 17.5 Å². The van der Waals surface area contributed by atoms with E-state index in [1.165, 1.54) is 11.1 Å². The number of halogens is 1. The molecule has 1 saturated heterocycles. The van der Waals surface area contributed by atoms with E-state index in [-0.39, 0.29) is 5.41 Å². The lowest BCUT2D eigenvalue weighted by atomic mass is 9.73. The number of fused-ring (bicyclic) bond motifs is 1. The number of carbonyl (C=O) groups is 1. The quantitative estimate of drug-likeness (QED) is 0.644. The monoisotopic (exact) mass is 440 g/mol. The molecular weight excluding hydrogens is 408 g/mol. The maximum absolute atomic E-state index is 13.5. The van der Waals surface area contributed by atoms with Crippen LogP contribution in [0, 0.1) is 5.41 Å². The lowest BCUT2D eigenvalue weighted by Crippen LogP contribution is -2.50. The lowest BCUT2D eigenvalue weighted by molar-refractivity contribution is -0.145. The van der Waals surface area contributed by atoms with E-state index in [4.69, 9.17) is 16.3 Å². The molecule has 0 unspecified atom stereocenters. The van der Waals surface area contributed by atoms with Crippen LogP contribution in [0.5, 0.6) is 5.75 Å². The molecule has 1 amide bonds. The Hall–Kier alpha value is -2.04. The summed E-state index contributed by atoms with van der Waals surface area (Å²) in [6.45, 7) is 4.01.